The van der Waals surface area contributed by atoms with Crippen LogP contribution in [0.4, 0.5) is 0 Å². The molecule has 0 heterocycles. The smallest absolute Gasteiger partial charge is 0.223 e. The molecule has 0 aromatic heterocycles. The maximum atomic E-state index is 12.5. The van der Waals surface area contributed by atoms with Crippen LogP contribution in [0.5, 0.6) is 0 Å². The van der Waals surface area contributed by atoms with E-state index in [0.717, 1.165) is 19.4 Å². The molecule has 2 rings (SSSR count). The van der Waals surface area contributed by atoms with Crippen LogP contribution >= 0.6 is 0 Å². The molecule has 0 aliphatic carbocycles. The monoisotopic (exact) mass is 295 g/mol. The molecule has 0 N–H and O–H groups in total. The number of benzene rings is 2. The standard InChI is InChI=1S/C20H25NO/c1-3-14-21(16-19-9-5-4-6-10-19)20(22)13-12-18-11-7-8-17(2)15-18/h4-11,15H,3,12-14,16H2,1-2H3. The van der Waals surface area contributed by atoms with E-state index in [-0.39, 0.29) is 5.91 Å². The Kier molecular flexibility index (Phi) is 6.20. The maximum Gasteiger partial charge on any atom is 0.223 e. The summed E-state index contributed by atoms with van der Waals surface area (Å²) in [6, 6.07) is 18.6. The van der Waals surface area contributed by atoms with Gasteiger partial charge in [0.25, 0.3) is 0 Å². The van der Waals surface area contributed by atoms with Gasteiger partial charge in [0, 0.05) is 19.5 Å². The lowest BCUT2D eigenvalue weighted by Gasteiger charge is -2.22. The van der Waals surface area contributed by atoms with Crippen molar-refractivity contribution in [3.63, 3.8) is 0 Å². The van der Waals surface area contributed by atoms with Crippen LogP contribution in [0, 0.1) is 6.92 Å². The average molecular weight is 295 g/mol. The normalized spacial score (nSPS) is 10.5. The van der Waals surface area contributed by atoms with Crippen molar-refractivity contribution in [3.8, 4) is 0 Å². The lowest BCUT2D eigenvalue weighted by Crippen LogP contribution is -2.31. The van der Waals surface area contributed by atoms with Crippen molar-refractivity contribution < 1.29 is 4.79 Å². The summed E-state index contributed by atoms with van der Waals surface area (Å²) in [6.07, 6.45) is 2.38. The Balaban J connectivity index is 1.94. The first-order valence-corrected chi connectivity index (χ1v) is 8.06. The Morgan fingerprint density at radius 2 is 1.73 bits per heavy atom. The SMILES string of the molecule is CCCN(Cc1ccccc1)C(=O)CCc1cccc(C)c1. The van der Waals surface area contributed by atoms with Crippen molar-refractivity contribution in [2.75, 3.05) is 6.54 Å². The van der Waals surface area contributed by atoms with Gasteiger partial charge in [0.1, 0.15) is 0 Å². The molecule has 116 valence electrons. The van der Waals surface area contributed by atoms with Gasteiger partial charge in [-0.15, -0.1) is 0 Å². The number of hydrogen-bond acceptors (Lipinski definition) is 1. The minimum Gasteiger partial charge on any atom is -0.338 e. The fourth-order valence-electron chi connectivity index (χ4n) is 2.64. The minimum atomic E-state index is 0.243. The van der Waals surface area contributed by atoms with Gasteiger partial charge in [-0.3, -0.25) is 4.79 Å². The average Bonchev–Trinajstić information content (AvgIpc) is 2.53. The van der Waals surface area contributed by atoms with Crippen LogP contribution in [0.25, 0.3) is 0 Å². The first kappa shape index (κ1) is 16.3. The number of carbonyl (C=O) groups is 1. The molecule has 2 heteroatoms. The summed E-state index contributed by atoms with van der Waals surface area (Å²) in [5.74, 6) is 0.243. The van der Waals surface area contributed by atoms with Crippen molar-refractivity contribution in [1.82, 2.24) is 4.90 Å². The van der Waals surface area contributed by atoms with Gasteiger partial charge >= 0.3 is 0 Å². The third-order valence-corrected chi connectivity index (χ3v) is 3.77. The summed E-state index contributed by atoms with van der Waals surface area (Å²) < 4.78 is 0. The molecule has 2 aromatic carbocycles. The second kappa shape index (κ2) is 8.38. The Labute approximate surface area is 133 Å². The molecule has 2 aromatic rings. The molecule has 0 saturated heterocycles. The zero-order valence-electron chi connectivity index (χ0n) is 13.6. The molecule has 2 nitrogen and oxygen atoms in total. The highest BCUT2D eigenvalue weighted by molar-refractivity contribution is 5.76. The Bertz CT molecular complexity index is 592. The summed E-state index contributed by atoms with van der Waals surface area (Å²) in [5.41, 5.74) is 3.68. The van der Waals surface area contributed by atoms with E-state index in [1.807, 2.05) is 23.1 Å². The molecule has 0 bridgehead atoms. The van der Waals surface area contributed by atoms with Gasteiger partial charge < -0.3 is 4.90 Å². The maximum absolute atomic E-state index is 12.5. The van der Waals surface area contributed by atoms with Crippen molar-refractivity contribution in [2.45, 2.75) is 39.7 Å². The molecule has 0 spiro atoms. The molecule has 0 radical (unpaired) electrons. The molecule has 1 amide bonds. The van der Waals surface area contributed by atoms with Crippen LogP contribution in [0.3, 0.4) is 0 Å². The third kappa shape index (κ3) is 5.03. The predicted molar refractivity (Wildman–Crippen MR) is 91.7 cm³/mol. The fraction of sp³-hybridized carbons (Fsp3) is 0.350. The van der Waals surface area contributed by atoms with Crippen molar-refractivity contribution >= 4 is 5.91 Å². The lowest BCUT2D eigenvalue weighted by molar-refractivity contribution is -0.131. The van der Waals surface area contributed by atoms with E-state index in [2.05, 4.69) is 50.2 Å². The molecule has 0 saturated carbocycles. The summed E-state index contributed by atoms with van der Waals surface area (Å²) in [7, 11) is 0. The van der Waals surface area contributed by atoms with E-state index in [4.69, 9.17) is 0 Å². The summed E-state index contributed by atoms with van der Waals surface area (Å²) in [4.78, 5) is 14.5. The van der Waals surface area contributed by atoms with Gasteiger partial charge in [0.05, 0.1) is 0 Å². The first-order valence-electron chi connectivity index (χ1n) is 8.06. The molecular formula is C20H25NO. The second-order valence-corrected chi connectivity index (χ2v) is 5.79. The van der Waals surface area contributed by atoms with Crippen LogP contribution in [0.15, 0.2) is 54.6 Å². The van der Waals surface area contributed by atoms with E-state index in [1.54, 1.807) is 0 Å². The van der Waals surface area contributed by atoms with Gasteiger partial charge in [0.2, 0.25) is 5.91 Å². The molecule has 0 aliphatic rings. The highest BCUT2D eigenvalue weighted by Gasteiger charge is 2.13. The van der Waals surface area contributed by atoms with Crippen LogP contribution in [0.1, 0.15) is 36.5 Å². The molecule has 22 heavy (non-hydrogen) atoms. The number of rotatable bonds is 7. The molecule has 0 fully saturated rings. The van der Waals surface area contributed by atoms with E-state index >= 15 is 0 Å². The Morgan fingerprint density at radius 3 is 2.41 bits per heavy atom. The van der Waals surface area contributed by atoms with E-state index < -0.39 is 0 Å². The third-order valence-electron chi connectivity index (χ3n) is 3.77. The van der Waals surface area contributed by atoms with Crippen molar-refractivity contribution in [1.29, 1.82) is 0 Å². The number of carbonyl (C=O) groups excluding carboxylic acids is 1. The Morgan fingerprint density at radius 1 is 1.00 bits per heavy atom. The number of aryl methyl sites for hydroxylation is 2. The first-order chi connectivity index (χ1) is 10.7. The van der Waals surface area contributed by atoms with Crippen molar-refractivity contribution in [3.05, 3.63) is 71.3 Å². The molecule has 0 atom stereocenters. The number of amides is 1. The number of nitrogens with zero attached hydrogens (tertiary/aromatic N) is 1. The molecule has 0 aliphatic heterocycles. The van der Waals surface area contributed by atoms with Gasteiger partial charge in [0.15, 0.2) is 0 Å². The minimum absolute atomic E-state index is 0.243. The summed E-state index contributed by atoms with van der Waals surface area (Å²) in [6.45, 7) is 5.73. The summed E-state index contributed by atoms with van der Waals surface area (Å²) >= 11 is 0. The van der Waals surface area contributed by atoms with E-state index in [0.29, 0.717) is 13.0 Å². The van der Waals surface area contributed by atoms with E-state index in [1.165, 1.54) is 16.7 Å². The van der Waals surface area contributed by atoms with Crippen LogP contribution in [-0.2, 0) is 17.8 Å². The van der Waals surface area contributed by atoms with Gasteiger partial charge in [-0.1, -0.05) is 67.1 Å². The van der Waals surface area contributed by atoms with Gasteiger partial charge in [-0.2, -0.15) is 0 Å². The molecule has 0 unspecified atom stereocenters. The quantitative estimate of drug-likeness (QED) is 0.743. The second-order valence-electron chi connectivity index (χ2n) is 5.79. The predicted octanol–water partition coefficient (Wildman–Crippen LogP) is 4.37. The van der Waals surface area contributed by atoms with Crippen LogP contribution in [0.2, 0.25) is 0 Å². The van der Waals surface area contributed by atoms with Crippen molar-refractivity contribution in [2.24, 2.45) is 0 Å². The largest absolute Gasteiger partial charge is 0.338 e. The van der Waals surface area contributed by atoms with Gasteiger partial charge in [-0.05, 0) is 30.9 Å². The fourth-order valence-corrected chi connectivity index (χ4v) is 2.64. The van der Waals surface area contributed by atoms with E-state index in [9.17, 15) is 4.79 Å². The lowest BCUT2D eigenvalue weighted by atomic mass is 10.1. The summed E-state index contributed by atoms with van der Waals surface area (Å²) in [5, 5.41) is 0. The van der Waals surface area contributed by atoms with Gasteiger partial charge in [-0.25, -0.2) is 0 Å². The highest BCUT2D eigenvalue weighted by atomic mass is 16.2. The Hall–Kier alpha value is -2.09. The highest BCUT2D eigenvalue weighted by Crippen LogP contribution is 2.11. The topological polar surface area (TPSA) is 20.3 Å². The number of hydrogen-bond donors (Lipinski definition) is 0. The zero-order chi connectivity index (χ0) is 15.8. The molecular weight excluding hydrogens is 270 g/mol. The van der Waals surface area contributed by atoms with Crippen LogP contribution in [-0.4, -0.2) is 17.4 Å². The zero-order valence-corrected chi connectivity index (χ0v) is 13.6. The van der Waals surface area contributed by atoms with Crippen LogP contribution < -0.4 is 0 Å².